The molecule has 0 bridgehead atoms. The number of carbonyl (C=O) groups is 1. The standard InChI is InChI=1S/C17H21ClN4O/c18-14-6-4-5-13(11-14)12-22-10-9-16(21-22)20-17(23)19-15-7-2-1-3-8-15/h4-6,9-11,15H,1-3,7-8,12H2,(H2,19,20,21,23). The van der Waals surface area contributed by atoms with Crippen molar-refractivity contribution in [3.05, 3.63) is 47.1 Å². The highest BCUT2D eigenvalue weighted by Gasteiger charge is 2.16. The van der Waals surface area contributed by atoms with E-state index in [4.69, 9.17) is 11.6 Å². The van der Waals surface area contributed by atoms with Gasteiger partial charge in [-0.05, 0) is 30.5 Å². The second-order valence-electron chi connectivity index (χ2n) is 5.96. The van der Waals surface area contributed by atoms with Gasteiger partial charge in [-0.25, -0.2) is 4.79 Å². The molecule has 1 aromatic heterocycles. The molecule has 5 nitrogen and oxygen atoms in total. The van der Waals surface area contributed by atoms with Crippen LogP contribution in [0.3, 0.4) is 0 Å². The molecule has 3 rings (SSSR count). The number of rotatable bonds is 4. The first-order chi connectivity index (χ1) is 11.2. The van der Waals surface area contributed by atoms with E-state index in [0.717, 1.165) is 18.4 Å². The van der Waals surface area contributed by atoms with Gasteiger partial charge in [-0.1, -0.05) is 43.0 Å². The minimum Gasteiger partial charge on any atom is -0.335 e. The van der Waals surface area contributed by atoms with Gasteiger partial charge in [-0.15, -0.1) is 0 Å². The molecular formula is C17H21ClN4O. The van der Waals surface area contributed by atoms with Crippen LogP contribution in [-0.2, 0) is 6.54 Å². The number of carbonyl (C=O) groups excluding carboxylic acids is 1. The quantitative estimate of drug-likeness (QED) is 0.887. The van der Waals surface area contributed by atoms with Crippen LogP contribution < -0.4 is 10.6 Å². The largest absolute Gasteiger partial charge is 0.335 e. The molecule has 122 valence electrons. The third-order valence-corrected chi connectivity index (χ3v) is 4.29. The Labute approximate surface area is 141 Å². The molecule has 2 N–H and O–H groups in total. The van der Waals surface area contributed by atoms with Gasteiger partial charge in [-0.3, -0.25) is 10.00 Å². The second kappa shape index (κ2) is 7.51. The monoisotopic (exact) mass is 332 g/mol. The Hall–Kier alpha value is -2.01. The molecule has 0 unspecified atom stereocenters. The van der Waals surface area contributed by atoms with E-state index < -0.39 is 0 Å². The van der Waals surface area contributed by atoms with E-state index in [1.54, 1.807) is 10.7 Å². The van der Waals surface area contributed by atoms with Crippen molar-refractivity contribution >= 4 is 23.4 Å². The summed E-state index contributed by atoms with van der Waals surface area (Å²) in [6.45, 7) is 0.618. The van der Waals surface area contributed by atoms with E-state index in [1.165, 1.54) is 19.3 Å². The van der Waals surface area contributed by atoms with Crippen LogP contribution in [0.4, 0.5) is 10.6 Å². The van der Waals surface area contributed by atoms with Gasteiger partial charge in [0.05, 0.1) is 6.54 Å². The fraction of sp³-hybridized carbons (Fsp3) is 0.412. The molecule has 0 spiro atoms. The maximum Gasteiger partial charge on any atom is 0.320 e. The molecule has 1 aromatic carbocycles. The summed E-state index contributed by atoms with van der Waals surface area (Å²) >= 11 is 5.98. The summed E-state index contributed by atoms with van der Waals surface area (Å²) < 4.78 is 1.78. The Balaban J connectivity index is 1.53. The SMILES string of the molecule is O=C(Nc1ccn(Cc2cccc(Cl)c2)n1)NC1CCCCC1. The van der Waals surface area contributed by atoms with Crippen molar-refractivity contribution in [3.63, 3.8) is 0 Å². The number of anilines is 1. The molecule has 0 aliphatic heterocycles. The van der Waals surface area contributed by atoms with Crippen LogP contribution in [0.5, 0.6) is 0 Å². The predicted molar refractivity (Wildman–Crippen MR) is 91.8 cm³/mol. The van der Waals surface area contributed by atoms with E-state index in [9.17, 15) is 4.79 Å². The number of hydrogen-bond acceptors (Lipinski definition) is 2. The maximum absolute atomic E-state index is 12.0. The Morgan fingerprint density at radius 3 is 2.87 bits per heavy atom. The highest BCUT2D eigenvalue weighted by Crippen LogP contribution is 2.17. The Morgan fingerprint density at radius 2 is 2.09 bits per heavy atom. The lowest BCUT2D eigenvalue weighted by atomic mass is 9.96. The van der Waals surface area contributed by atoms with Crippen LogP contribution in [0.1, 0.15) is 37.7 Å². The highest BCUT2D eigenvalue weighted by atomic mass is 35.5. The predicted octanol–water partition coefficient (Wildman–Crippen LogP) is 4.04. The van der Waals surface area contributed by atoms with Crippen molar-refractivity contribution in [2.75, 3.05) is 5.32 Å². The number of benzene rings is 1. The minimum absolute atomic E-state index is 0.176. The van der Waals surface area contributed by atoms with E-state index in [-0.39, 0.29) is 12.1 Å². The van der Waals surface area contributed by atoms with Gasteiger partial charge in [-0.2, -0.15) is 5.10 Å². The smallest absolute Gasteiger partial charge is 0.320 e. The van der Waals surface area contributed by atoms with Gasteiger partial charge < -0.3 is 5.32 Å². The zero-order valence-electron chi connectivity index (χ0n) is 13.0. The Morgan fingerprint density at radius 1 is 1.26 bits per heavy atom. The first-order valence-corrected chi connectivity index (χ1v) is 8.42. The lowest BCUT2D eigenvalue weighted by molar-refractivity contribution is 0.244. The molecule has 0 saturated heterocycles. The Bertz CT molecular complexity index is 664. The van der Waals surface area contributed by atoms with E-state index in [0.29, 0.717) is 17.4 Å². The molecule has 1 aliphatic carbocycles. The highest BCUT2D eigenvalue weighted by molar-refractivity contribution is 6.30. The molecule has 0 radical (unpaired) electrons. The van der Waals surface area contributed by atoms with E-state index in [1.807, 2.05) is 30.5 Å². The lowest BCUT2D eigenvalue weighted by Gasteiger charge is -2.22. The van der Waals surface area contributed by atoms with Gasteiger partial charge >= 0.3 is 6.03 Å². The maximum atomic E-state index is 12.0. The van der Waals surface area contributed by atoms with Gasteiger partial charge in [0.1, 0.15) is 0 Å². The number of hydrogen-bond donors (Lipinski definition) is 2. The number of aromatic nitrogens is 2. The van der Waals surface area contributed by atoms with Crippen molar-refractivity contribution in [2.45, 2.75) is 44.7 Å². The summed E-state index contributed by atoms with van der Waals surface area (Å²) in [5, 5.41) is 10.9. The molecule has 1 fully saturated rings. The molecule has 0 atom stereocenters. The number of halogens is 1. The first-order valence-electron chi connectivity index (χ1n) is 8.04. The number of nitrogens with zero attached hydrogens (tertiary/aromatic N) is 2. The summed E-state index contributed by atoms with van der Waals surface area (Å²) in [6, 6.07) is 9.57. The van der Waals surface area contributed by atoms with Crippen molar-refractivity contribution in [2.24, 2.45) is 0 Å². The van der Waals surface area contributed by atoms with Crippen LogP contribution in [-0.4, -0.2) is 21.9 Å². The average molecular weight is 333 g/mol. The van der Waals surface area contributed by atoms with Crippen LogP contribution in [0.15, 0.2) is 36.5 Å². The lowest BCUT2D eigenvalue weighted by Crippen LogP contribution is -2.39. The van der Waals surface area contributed by atoms with Crippen LogP contribution in [0, 0.1) is 0 Å². The molecule has 1 saturated carbocycles. The third-order valence-electron chi connectivity index (χ3n) is 4.06. The van der Waals surface area contributed by atoms with Gasteiger partial charge in [0.15, 0.2) is 5.82 Å². The molecule has 2 aromatic rings. The average Bonchev–Trinajstić information content (AvgIpc) is 2.95. The molecular weight excluding hydrogens is 312 g/mol. The molecule has 23 heavy (non-hydrogen) atoms. The van der Waals surface area contributed by atoms with E-state index >= 15 is 0 Å². The van der Waals surface area contributed by atoms with Crippen molar-refractivity contribution in [1.29, 1.82) is 0 Å². The van der Waals surface area contributed by atoms with Crippen LogP contribution in [0.2, 0.25) is 5.02 Å². The molecule has 2 amide bonds. The molecule has 6 heteroatoms. The fourth-order valence-corrected chi connectivity index (χ4v) is 3.14. The number of urea groups is 1. The topological polar surface area (TPSA) is 59.0 Å². The molecule has 1 aliphatic rings. The second-order valence-corrected chi connectivity index (χ2v) is 6.40. The zero-order valence-corrected chi connectivity index (χ0v) is 13.7. The first kappa shape index (κ1) is 15.9. The third kappa shape index (κ3) is 4.73. The summed E-state index contributed by atoms with van der Waals surface area (Å²) in [6.07, 6.45) is 7.64. The summed E-state index contributed by atoms with van der Waals surface area (Å²) in [5.74, 6) is 0.556. The van der Waals surface area contributed by atoms with Crippen molar-refractivity contribution < 1.29 is 4.79 Å². The molecule has 1 heterocycles. The fourth-order valence-electron chi connectivity index (χ4n) is 2.92. The number of amides is 2. The Kier molecular flexibility index (Phi) is 5.18. The summed E-state index contributed by atoms with van der Waals surface area (Å²) in [7, 11) is 0. The minimum atomic E-state index is -0.176. The van der Waals surface area contributed by atoms with Crippen molar-refractivity contribution in [1.82, 2.24) is 15.1 Å². The van der Waals surface area contributed by atoms with Crippen LogP contribution >= 0.6 is 11.6 Å². The van der Waals surface area contributed by atoms with Gasteiger partial charge in [0.2, 0.25) is 0 Å². The van der Waals surface area contributed by atoms with Gasteiger partial charge in [0.25, 0.3) is 0 Å². The van der Waals surface area contributed by atoms with Gasteiger partial charge in [0, 0.05) is 23.3 Å². The van der Waals surface area contributed by atoms with Crippen LogP contribution in [0.25, 0.3) is 0 Å². The van der Waals surface area contributed by atoms with Crippen molar-refractivity contribution in [3.8, 4) is 0 Å². The summed E-state index contributed by atoms with van der Waals surface area (Å²) in [5.41, 5.74) is 1.07. The summed E-state index contributed by atoms with van der Waals surface area (Å²) in [4.78, 5) is 12.0. The zero-order chi connectivity index (χ0) is 16.1. The number of nitrogens with one attached hydrogen (secondary N) is 2. The normalized spacial score (nSPS) is 15.3. The van der Waals surface area contributed by atoms with E-state index in [2.05, 4.69) is 15.7 Å².